The number of benzene rings is 11. The number of aromatic nitrogens is 4. The molecule has 0 aliphatic rings. The Morgan fingerprint density at radius 3 is 1.04 bits per heavy atom. The van der Waals surface area contributed by atoms with Crippen LogP contribution in [-0.2, 0) is 0 Å². The molecular weight excluding hydrogens is 935 g/mol. The number of para-hydroxylation sites is 1. The highest BCUT2D eigenvalue weighted by Gasteiger charge is 2.24. The van der Waals surface area contributed by atoms with Crippen LogP contribution < -0.4 is 0 Å². The summed E-state index contributed by atoms with van der Waals surface area (Å²) >= 11 is 0. The highest BCUT2D eigenvalue weighted by atomic mass is 15.0. The summed E-state index contributed by atoms with van der Waals surface area (Å²) in [6, 6.07) is 96.2. The van der Waals surface area contributed by atoms with Crippen LogP contribution in [0, 0.1) is 11.3 Å². The lowest BCUT2D eigenvalue weighted by atomic mass is 9.99. The fraction of sp³-hybridized carbons (Fsp3) is 0. The molecule has 4 aromatic heterocycles. The van der Waals surface area contributed by atoms with Gasteiger partial charge in [0.15, 0.2) is 0 Å². The van der Waals surface area contributed by atoms with Crippen molar-refractivity contribution in [1.82, 2.24) is 18.7 Å². The first-order valence-electron chi connectivity index (χ1n) is 26.1. The van der Waals surface area contributed by atoms with Crippen molar-refractivity contribution in [3.8, 4) is 78.8 Å². The Bertz CT molecular complexity index is 4360. The third-order valence-electron chi connectivity index (χ3n) is 15.6. The van der Waals surface area contributed by atoms with Crippen LogP contribution in [0.2, 0.25) is 0 Å². The van der Waals surface area contributed by atoms with Crippen LogP contribution in [0.25, 0.3) is 138 Å². The minimum Gasteiger partial charge on any atom is -0.309 e. The lowest BCUT2D eigenvalue weighted by Crippen LogP contribution is -2.05. The second-order valence-electron chi connectivity index (χ2n) is 19.9. The molecule has 0 saturated heterocycles. The second kappa shape index (κ2) is 17.8. The molecule has 0 spiro atoms. The van der Waals surface area contributed by atoms with Crippen LogP contribution in [0.4, 0.5) is 0 Å². The van der Waals surface area contributed by atoms with Gasteiger partial charge in [-0.1, -0.05) is 176 Å². The summed E-state index contributed by atoms with van der Waals surface area (Å²) in [4.78, 5) is 4.50. The highest BCUT2D eigenvalue weighted by Crippen LogP contribution is 2.44. The van der Waals surface area contributed by atoms with Gasteiger partial charge in [0.05, 0.1) is 44.5 Å². The number of hydrogen-bond acceptors (Lipinski definition) is 2. The summed E-state index contributed by atoms with van der Waals surface area (Å²) in [5, 5.41) is 18.7. The fourth-order valence-electron chi connectivity index (χ4n) is 11.9. The lowest BCUT2D eigenvalue weighted by Gasteiger charge is -2.19. The Balaban J connectivity index is 1.02. The van der Waals surface area contributed by atoms with Crippen molar-refractivity contribution < 1.29 is 0 Å². The summed E-state index contributed by atoms with van der Waals surface area (Å²) < 4.78 is 6.98. The minimum absolute atomic E-state index is 0.570. The van der Waals surface area contributed by atoms with Crippen molar-refractivity contribution in [3.63, 3.8) is 0 Å². The van der Waals surface area contributed by atoms with Gasteiger partial charge in [-0.3, -0.25) is 4.98 Å². The minimum atomic E-state index is 0.570. The molecule has 0 saturated carbocycles. The molecule has 5 heteroatoms. The number of pyridine rings is 1. The van der Waals surface area contributed by atoms with Crippen LogP contribution in [0.5, 0.6) is 0 Å². The van der Waals surface area contributed by atoms with Gasteiger partial charge in [-0.2, -0.15) is 5.26 Å². The molecule has 358 valence electrons. The zero-order chi connectivity index (χ0) is 51.0. The summed E-state index contributed by atoms with van der Waals surface area (Å²) in [5.41, 5.74) is 20.7. The van der Waals surface area contributed by atoms with E-state index >= 15 is 0 Å². The van der Waals surface area contributed by atoms with Crippen molar-refractivity contribution in [3.05, 3.63) is 279 Å². The first-order chi connectivity index (χ1) is 38.1. The fourth-order valence-corrected chi connectivity index (χ4v) is 11.9. The van der Waals surface area contributed by atoms with Crippen LogP contribution in [0.1, 0.15) is 5.56 Å². The summed E-state index contributed by atoms with van der Waals surface area (Å²) in [6.07, 6.45) is 3.83. The molecule has 0 bridgehead atoms. The standard InChI is InChI=1S/C72H45N5/c73-45-63-71(76-66-33-27-52(47-15-5-1-6-16-47)39-59(66)60-40-53(28-34-67(60)76)48-17-7-2-8-18-48)43-56(51-25-31-57(32-26-51)75-65-24-14-13-23-58(65)64-46-74-38-37-70(64)75)44-72(63)77-68-35-29-54(49-19-9-3-10-20-49)41-61(68)62-42-55(30-36-69(62)77)50-21-11-4-12-22-50/h1-44,46H. The van der Waals surface area contributed by atoms with Gasteiger partial charge in [0.2, 0.25) is 0 Å². The maximum atomic E-state index is 11.9. The van der Waals surface area contributed by atoms with E-state index in [1.165, 1.54) is 0 Å². The highest BCUT2D eigenvalue weighted by molar-refractivity contribution is 6.14. The first kappa shape index (κ1) is 44.0. The van der Waals surface area contributed by atoms with Gasteiger partial charge in [0, 0.05) is 50.4 Å². The summed E-state index contributed by atoms with van der Waals surface area (Å²) in [7, 11) is 0. The second-order valence-corrected chi connectivity index (χ2v) is 19.9. The van der Waals surface area contributed by atoms with E-state index in [1.807, 2.05) is 12.4 Å². The van der Waals surface area contributed by atoms with Crippen molar-refractivity contribution in [2.75, 3.05) is 0 Å². The maximum absolute atomic E-state index is 11.9. The normalized spacial score (nSPS) is 11.6. The zero-order valence-electron chi connectivity index (χ0n) is 41.7. The smallest absolute Gasteiger partial charge is 0.104 e. The molecule has 77 heavy (non-hydrogen) atoms. The van der Waals surface area contributed by atoms with E-state index in [2.05, 4.69) is 286 Å². The molecule has 0 radical (unpaired) electrons. The van der Waals surface area contributed by atoms with Crippen molar-refractivity contribution in [1.29, 1.82) is 5.26 Å². The maximum Gasteiger partial charge on any atom is 0.104 e. The third-order valence-corrected chi connectivity index (χ3v) is 15.6. The lowest BCUT2D eigenvalue weighted by molar-refractivity contribution is 1.12. The predicted octanol–water partition coefficient (Wildman–Crippen LogP) is 18.6. The molecular formula is C72H45N5. The molecule has 0 N–H and O–H groups in total. The van der Waals surface area contributed by atoms with Crippen LogP contribution in [0.3, 0.4) is 0 Å². The van der Waals surface area contributed by atoms with Crippen LogP contribution in [-0.4, -0.2) is 18.7 Å². The predicted molar refractivity (Wildman–Crippen MR) is 319 cm³/mol. The van der Waals surface area contributed by atoms with Crippen molar-refractivity contribution in [2.45, 2.75) is 0 Å². The molecule has 11 aromatic carbocycles. The Morgan fingerprint density at radius 1 is 0.273 bits per heavy atom. The van der Waals surface area contributed by atoms with Gasteiger partial charge in [0.25, 0.3) is 0 Å². The van der Waals surface area contributed by atoms with Gasteiger partial charge in [-0.25, -0.2) is 0 Å². The number of fused-ring (bicyclic) bond motifs is 9. The van der Waals surface area contributed by atoms with Gasteiger partial charge >= 0.3 is 0 Å². The SMILES string of the molecule is N#Cc1c(-n2c3ccc(-c4ccccc4)cc3c3cc(-c4ccccc4)ccc32)cc(-c2ccc(-n3c4ccccc4c4cnccc43)cc2)cc1-n1c2ccc(-c3ccccc3)cc2c2cc(-c3ccccc3)ccc21. The van der Waals surface area contributed by atoms with E-state index in [9.17, 15) is 5.26 Å². The van der Waals surface area contributed by atoms with E-state index in [4.69, 9.17) is 0 Å². The Labute approximate surface area is 444 Å². The number of nitriles is 1. The van der Waals surface area contributed by atoms with E-state index in [0.717, 1.165) is 138 Å². The Hall–Kier alpha value is -10.5. The van der Waals surface area contributed by atoms with Crippen molar-refractivity contribution in [2.24, 2.45) is 0 Å². The number of nitrogens with zero attached hydrogens (tertiary/aromatic N) is 5. The average molecular weight is 980 g/mol. The Kier molecular flexibility index (Phi) is 10.2. The van der Waals surface area contributed by atoms with Gasteiger partial charge in [-0.05, 0) is 141 Å². The van der Waals surface area contributed by atoms with E-state index in [1.54, 1.807) is 0 Å². The molecule has 0 atom stereocenters. The molecule has 15 rings (SSSR count). The van der Waals surface area contributed by atoms with Gasteiger partial charge < -0.3 is 13.7 Å². The van der Waals surface area contributed by atoms with Gasteiger partial charge in [-0.15, -0.1) is 0 Å². The zero-order valence-corrected chi connectivity index (χ0v) is 41.7. The Morgan fingerprint density at radius 2 is 0.623 bits per heavy atom. The monoisotopic (exact) mass is 979 g/mol. The average Bonchev–Trinajstić information content (AvgIpc) is 4.36. The summed E-state index contributed by atoms with van der Waals surface area (Å²) in [5.74, 6) is 0. The van der Waals surface area contributed by atoms with Crippen LogP contribution >= 0.6 is 0 Å². The third kappa shape index (κ3) is 7.19. The molecule has 15 aromatic rings. The number of hydrogen-bond donors (Lipinski definition) is 0. The molecule has 0 amide bonds. The van der Waals surface area contributed by atoms with Gasteiger partial charge in [0.1, 0.15) is 11.6 Å². The molecule has 0 fully saturated rings. The van der Waals surface area contributed by atoms with E-state index < -0.39 is 0 Å². The van der Waals surface area contributed by atoms with Crippen LogP contribution in [0.15, 0.2) is 273 Å². The topological polar surface area (TPSA) is 51.5 Å². The van der Waals surface area contributed by atoms with Crippen molar-refractivity contribution >= 4 is 65.4 Å². The molecule has 0 aliphatic carbocycles. The molecule has 0 unspecified atom stereocenters. The number of rotatable bonds is 8. The first-order valence-corrected chi connectivity index (χ1v) is 26.1. The molecule has 5 nitrogen and oxygen atoms in total. The largest absolute Gasteiger partial charge is 0.309 e. The quantitative estimate of drug-likeness (QED) is 0.152. The van der Waals surface area contributed by atoms with E-state index in [-0.39, 0.29) is 0 Å². The summed E-state index contributed by atoms with van der Waals surface area (Å²) in [6.45, 7) is 0. The molecule has 0 aliphatic heterocycles. The molecule has 4 heterocycles. The van der Waals surface area contributed by atoms with E-state index in [0.29, 0.717) is 5.56 Å².